The normalized spacial score (nSPS) is 13.3. The lowest BCUT2D eigenvalue weighted by Gasteiger charge is -2.31. The Morgan fingerprint density at radius 3 is 2.24 bits per heavy atom. The molecule has 0 radical (unpaired) electrons. The molecule has 1 atom stereocenters. The Bertz CT molecular complexity index is 1590. The number of hydrogen-bond donors (Lipinski definition) is 1. The summed E-state index contributed by atoms with van der Waals surface area (Å²) in [5, 5.41) is 3.23. The van der Waals surface area contributed by atoms with Crippen LogP contribution >= 0.6 is 0 Å². The van der Waals surface area contributed by atoms with Crippen molar-refractivity contribution in [3.63, 3.8) is 0 Å². The van der Waals surface area contributed by atoms with Crippen molar-refractivity contribution in [1.82, 2.24) is 0 Å². The van der Waals surface area contributed by atoms with Gasteiger partial charge in [-0.3, -0.25) is 9.59 Å². The molecule has 1 fully saturated rings. The number of carbonyl (C=O) groups excluding carboxylic acids is 3. The molecule has 0 spiro atoms. The van der Waals surface area contributed by atoms with Crippen LogP contribution in [0.25, 0.3) is 0 Å². The minimum absolute atomic E-state index is 0.0321. The molecule has 1 aliphatic carbocycles. The molecule has 1 amide bonds. The van der Waals surface area contributed by atoms with Crippen LogP contribution in [0, 0.1) is 11.7 Å². The number of nitrogens with one attached hydrogen (secondary N) is 1. The second-order valence-corrected chi connectivity index (χ2v) is 11.1. The van der Waals surface area contributed by atoms with E-state index in [4.69, 9.17) is 9.47 Å². The molecular weight excluding hydrogens is 571 g/mol. The molecule has 0 aliphatic heterocycles. The quantitative estimate of drug-likeness (QED) is 0.0957. The van der Waals surface area contributed by atoms with E-state index in [1.165, 1.54) is 19.2 Å². The molecule has 7 nitrogen and oxygen atoms in total. The molecule has 1 aliphatic rings. The number of benzene rings is 4. The minimum Gasteiger partial charge on any atom is -0.494 e. The fraction of sp³-hybridized carbons (Fsp3) is 0.270. The van der Waals surface area contributed by atoms with Crippen LogP contribution in [0.5, 0.6) is 5.75 Å². The van der Waals surface area contributed by atoms with Crippen molar-refractivity contribution < 1.29 is 28.2 Å². The summed E-state index contributed by atoms with van der Waals surface area (Å²) in [5.74, 6) is -0.142. The first-order chi connectivity index (χ1) is 21.9. The molecule has 0 saturated heterocycles. The third-order valence-corrected chi connectivity index (χ3v) is 8.04. The number of para-hydroxylation sites is 1. The zero-order valence-corrected chi connectivity index (χ0v) is 25.3. The van der Waals surface area contributed by atoms with E-state index in [1.54, 1.807) is 47.4 Å². The maximum atomic E-state index is 13.5. The topological polar surface area (TPSA) is 84.9 Å². The number of methoxy groups -OCH3 is 1. The second-order valence-electron chi connectivity index (χ2n) is 11.1. The van der Waals surface area contributed by atoms with Gasteiger partial charge in [0.05, 0.1) is 13.7 Å². The predicted molar refractivity (Wildman–Crippen MR) is 172 cm³/mol. The van der Waals surface area contributed by atoms with E-state index < -0.39 is 12.0 Å². The second kappa shape index (κ2) is 15.1. The highest BCUT2D eigenvalue weighted by molar-refractivity contribution is 6.12. The van der Waals surface area contributed by atoms with Gasteiger partial charge in [-0.25, -0.2) is 9.18 Å². The van der Waals surface area contributed by atoms with E-state index in [2.05, 4.69) is 5.32 Å². The Morgan fingerprint density at radius 1 is 0.889 bits per heavy atom. The van der Waals surface area contributed by atoms with Crippen LogP contribution in [-0.2, 0) is 20.7 Å². The molecule has 232 valence electrons. The first-order valence-corrected chi connectivity index (χ1v) is 15.2. The van der Waals surface area contributed by atoms with Gasteiger partial charge in [0.15, 0.2) is 5.78 Å². The van der Waals surface area contributed by atoms with Crippen LogP contribution in [0.1, 0.15) is 47.2 Å². The maximum absolute atomic E-state index is 13.5. The summed E-state index contributed by atoms with van der Waals surface area (Å²) in [6.45, 7) is 0.868. The van der Waals surface area contributed by atoms with Crippen molar-refractivity contribution in [1.29, 1.82) is 0 Å². The van der Waals surface area contributed by atoms with Crippen molar-refractivity contribution in [2.24, 2.45) is 5.92 Å². The summed E-state index contributed by atoms with van der Waals surface area (Å²) >= 11 is 0. The summed E-state index contributed by atoms with van der Waals surface area (Å²) in [7, 11) is 1.34. The molecule has 0 aromatic heterocycles. The van der Waals surface area contributed by atoms with Crippen molar-refractivity contribution in [2.45, 2.75) is 38.1 Å². The van der Waals surface area contributed by atoms with Crippen LogP contribution < -0.4 is 15.0 Å². The van der Waals surface area contributed by atoms with E-state index >= 15 is 0 Å². The summed E-state index contributed by atoms with van der Waals surface area (Å²) < 4.78 is 24.5. The molecule has 1 saturated carbocycles. The van der Waals surface area contributed by atoms with Gasteiger partial charge in [-0.1, -0.05) is 61.0 Å². The number of halogens is 1. The van der Waals surface area contributed by atoms with Crippen molar-refractivity contribution in [2.75, 3.05) is 30.5 Å². The van der Waals surface area contributed by atoms with Crippen molar-refractivity contribution in [3.8, 4) is 5.75 Å². The summed E-state index contributed by atoms with van der Waals surface area (Å²) in [5.41, 5.74) is 3.15. The van der Waals surface area contributed by atoms with Gasteiger partial charge < -0.3 is 19.7 Å². The zero-order chi connectivity index (χ0) is 31.6. The lowest BCUT2D eigenvalue weighted by molar-refractivity contribution is -0.141. The summed E-state index contributed by atoms with van der Waals surface area (Å²) in [4.78, 5) is 40.7. The summed E-state index contributed by atoms with van der Waals surface area (Å²) in [6.07, 6.45) is 3.78. The number of ether oxygens (including phenoxy) is 2. The van der Waals surface area contributed by atoms with Crippen LogP contribution in [0.4, 0.5) is 15.8 Å². The average molecular weight is 609 g/mol. The largest absolute Gasteiger partial charge is 0.494 e. The summed E-state index contributed by atoms with van der Waals surface area (Å²) in [6, 6.07) is 28.9. The zero-order valence-electron chi connectivity index (χ0n) is 25.3. The first kappa shape index (κ1) is 31.4. The lowest BCUT2D eigenvalue weighted by atomic mass is 9.84. The number of ketones is 1. The molecule has 4 aromatic rings. The first-order valence-electron chi connectivity index (χ1n) is 15.2. The van der Waals surface area contributed by atoms with Gasteiger partial charge in [-0.15, -0.1) is 0 Å². The molecule has 0 bridgehead atoms. The number of nitrogens with zero attached hydrogens (tertiary/aromatic N) is 1. The number of anilines is 2. The Kier molecular flexibility index (Phi) is 10.6. The molecule has 4 aromatic carbocycles. The van der Waals surface area contributed by atoms with E-state index in [0.717, 1.165) is 24.8 Å². The van der Waals surface area contributed by atoms with E-state index in [1.807, 2.05) is 48.5 Å². The molecule has 8 heteroatoms. The highest BCUT2D eigenvalue weighted by atomic mass is 19.1. The Morgan fingerprint density at radius 2 is 1.58 bits per heavy atom. The third kappa shape index (κ3) is 8.15. The fourth-order valence-electron chi connectivity index (χ4n) is 5.31. The molecule has 45 heavy (non-hydrogen) atoms. The van der Waals surface area contributed by atoms with E-state index in [9.17, 15) is 18.8 Å². The average Bonchev–Trinajstić information content (AvgIpc) is 3.05. The minimum atomic E-state index is -0.725. The van der Waals surface area contributed by atoms with Crippen molar-refractivity contribution >= 4 is 29.0 Å². The third-order valence-electron chi connectivity index (χ3n) is 8.04. The Hall–Kier alpha value is -4.98. The van der Waals surface area contributed by atoms with Crippen LogP contribution in [0.2, 0.25) is 0 Å². The highest BCUT2D eigenvalue weighted by Gasteiger charge is 2.30. The van der Waals surface area contributed by atoms with Gasteiger partial charge in [0.1, 0.15) is 17.6 Å². The molecule has 1 N–H and O–H groups in total. The highest BCUT2D eigenvalue weighted by Crippen LogP contribution is 2.30. The monoisotopic (exact) mass is 608 g/mol. The van der Waals surface area contributed by atoms with Crippen LogP contribution in [0.15, 0.2) is 103 Å². The van der Waals surface area contributed by atoms with Gasteiger partial charge in [-0.2, -0.15) is 0 Å². The SMILES string of the molecule is COC(=O)[C@H](Cc1ccc(OCCCN(C(=O)C2CCC2)c2ccc(F)cc2)cc1)Nc1ccccc1C(=O)c1ccccc1. The lowest BCUT2D eigenvalue weighted by Crippen LogP contribution is -2.40. The Labute approximate surface area is 263 Å². The van der Waals surface area contributed by atoms with E-state index in [-0.39, 0.29) is 23.4 Å². The number of esters is 1. The van der Waals surface area contributed by atoms with Gasteiger partial charge in [0, 0.05) is 41.4 Å². The van der Waals surface area contributed by atoms with Gasteiger partial charge in [-0.05, 0) is 73.4 Å². The smallest absolute Gasteiger partial charge is 0.328 e. The number of rotatable bonds is 14. The standard InChI is InChI=1S/C37H37FN2O5/c1-44-37(43)34(39-33-14-6-5-13-32(33)35(41)27-9-3-2-4-10-27)25-26-15-21-31(22-16-26)45-24-8-23-40(36(42)28-11-7-12-28)30-19-17-29(38)18-20-30/h2-6,9-10,13-22,28,34,39H,7-8,11-12,23-25H2,1H3/t34-/m0/s1. The number of carbonyl (C=O) groups is 3. The molecule has 0 heterocycles. The van der Waals surface area contributed by atoms with Gasteiger partial charge in [0.25, 0.3) is 0 Å². The predicted octanol–water partition coefficient (Wildman–Crippen LogP) is 6.86. The van der Waals surface area contributed by atoms with Gasteiger partial charge in [0.2, 0.25) is 5.91 Å². The van der Waals surface area contributed by atoms with Crippen LogP contribution in [-0.4, -0.2) is 44.0 Å². The maximum Gasteiger partial charge on any atom is 0.328 e. The number of amides is 1. The van der Waals surface area contributed by atoms with Gasteiger partial charge >= 0.3 is 5.97 Å². The molecule has 5 rings (SSSR count). The van der Waals surface area contributed by atoms with E-state index in [0.29, 0.717) is 54.2 Å². The Balaban J connectivity index is 1.18. The van der Waals surface area contributed by atoms with Crippen LogP contribution in [0.3, 0.4) is 0 Å². The molecule has 0 unspecified atom stereocenters. The molecular formula is C37H37FN2O5. The fourth-order valence-corrected chi connectivity index (χ4v) is 5.31. The number of hydrogen-bond acceptors (Lipinski definition) is 6. The van der Waals surface area contributed by atoms with Crippen molar-refractivity contribution in [3.05, 3.63) is 126 Å².